The Kier molecular flexibility index (Phi) is 8.96. The highest BCUT2D eigenvalue weighted by Gasteiger charge is 2.13. The van der Waals surface area contributed by atoms with Crippen LogP contribution in [0.3, 0.4) is 0 Å². The van der Waals surface area contributed by atoms with Crippen LogP contribution in [0.25, 0.3) is 0 Å². The molecule has 0 saturated carbocycles. The molecule has 0 bridgehead atoms. The molecule has 120 valence electrons. The van der Waals surface area contributed by atoms with Gasteiger partial charge >= 0.3 is 0 Å². The summed E-state index contributed by atoms with van der Waals surface area (Å²) in [6, 6.07) is 4.97. The Morgan fingerprint density at radius 1 is 1.33 bits per heavy atom. The molecule has 0 fully saturated rings. The number of alkyl halides is 2. The van der Waals surface area contributed by atoms with Crippen molar-refractivity contribution < 1.29 is 17.9 Å². The highest BCUT2D eigenvalue weighted by molar-refractivity contribution is 9.10. The molecule has 1 rings (SSSR count). The molecule has 0 aliphatic heterocycles. The number of halogens is 4. The van der Waals surface area contributed by atoms with Crippen LogP contribution in [0, 0.1) is 5.82 Å². The molecule has 6 heteroatoms. The van der Waals surface area contributed by atoms with Gasteiger partial charge in [0.2, 0.25) is 0 Å². The molecule has 2 nitrogen and oxygen atoms in total. The van der Waals surface area contributed by atoms with Crippen LogP contribution in [-0.4, -0.2) is 32.2 Å². The number of ether oxygens (including phenoxy) is 1. The number of hydrogen-bond donors (Lipinski definition) is 1. The minimum Gasteiger partial charge on any atom is -0.375 e. The first-order valence-electron chi connectivity index (χ1n) is 7.06. The van der Waals surface area contributed by atoms with Crippen LogP contribution in [0.1, 0.15) is 25.3 Å². The third kappa shape index (κ3) is 7.83. The zero-order valence-electron chi connectivity index (χ0n) is 12.0. The van der Waals surface area contributed by atoms with Crippen molar-refractivity contribution in [3.63, 3.8) is 0 Å². The van der Waals surface area contributed by atoms with Gasteiger partial charge in [-0.15, -0.1) is 0 Å². The second-order valence-electron chi connectivity index (χ2n) is 4.85. The number of benzene rings is 1. The minimum atomic E-state index is -2.45. The van der Waals surface area contributed by atoms with E-state index >= 15 is 0 Å². The highest BCUT2D eigenvalue weighted by Crippen LogP contribution is 2.17. The van der Waals surface area contributed by atoms with E-state index < -0.39 is 13.0 Å². The standard InChI is InChI=1S/C15H21BrF3NO/c1-2-6-20-13(5-7-21-10-15(18)19)8-11-3-4-12(16)9-14(11)17/h3-4,9,13,15,20H,2,5-8,10H2,1H3. The van der Waals surface area contributed by atoms with Gasteiger partial charge in [-0.05, 0) is 43.5 Å². The molecular weight excluding hydrogens is 347 g/mol. The van der Waals surface area contributed by atoms with Crippen molar-refractivity contribution in [1.29, 1.82) is 0 Å². The summed E-state index contributed by atoms with van der Waals surface area (Å²) in [5, 5.41) is 3.30. The molecule has 1 atom stereocenters. The van der Waals surface area contributed by atoms with Crippen molar-refractivity contribution >= 4 is 15.9 Å². The van der Waals surface area contributed by atoms with Gasteiger partial charge in [0, 0.05) is 17.1 Å². The third-order valence-corrected chi connectivity index (χ3v) is 3.51. The van der Waals surface area contributed by atoms with E-state index in [-0.39, 0.29) is 18.5 Å². The first-order chi connectivity index (χ1) is 10.0. The van der Waals surface area contributed by atoms with E-state index in [0.717, 1.165) is 13.0 Å². The summed E-state index contributed by atoms with van der Waals surface area (Å²) in [6.45, 7) is 2.53. The Bertz CT molecular complexity index is 418. The lowest BCUT2D eigenvalue weighted by Gasteiger charge is -2.19. The fraction of sp³-hybridized carbons (Fsp3) is 0.600. The van der Waals surface area contributed by atoms with Crippen LogP contribution in [0.2, 0.25) is 0 Å². The number of hydrogen-bond acceptors (Lipinski definition) is 2. The van der Waals surface area contributed by atoms with Gasteiger partial charge in [0.05, 0.1) is 0 Å². The van der Waals surface area contributed by atoms with Gasteiger partial charge in [0.25, 0.3) is 6.43 Å². The van der Waals surface area contributed by atoms with E-state index in [4.69, 9.17) is 4.74 Å². The van der Waals surface area contributed by atoms with Crippen molar-refractivity contribution in [2.24, 2.45) is 0 Å². The lowest BCUT2D eigenvalue weighted by Crippen LogP contribution is -2.33. The van der Waals surface area contributed by atoms with E-state index in [0.29, 0.717) is 22.9 Å². The monoisotopic (exact) mass is 367 g/mol. The Hall–Kier alpha value is -0.590. The predicted octanol–water partition coefficient (Wildman–Crippen LogP) is 4.17. The zero-order valence-corrected chi connectivity index (χ0v) is 13.6. The summed E-state index contributed by atoms with van der Waals surface area (Å²) in [7, 11) is 0. The molecular formula is C15H21BrF3NO. The molecule has 0 aliphatic carbocycles. The summed E-state index contributed by atoms with van der Waals surface area (Å²) in [6.07, 6.45) is -0.410. The van der Waals surface area contributed by atoms with E-state index in [1.165, 1.54) is 6.07 Å². The summed E-state index contributed by atoms with van der Waals surface area (Å²) in [4.78, 5) is 0. The van der Waals surface area contributed by atoms with Crippen molar-refractivity contribution in [2.75, 3.05) is 19.8 Å². The quantitative estimate of drug-likeness (QED) is 0.626. The van der Waals surface area contributed by atoms with Crippen LogP contribution in [0.15, 0.2) is 22.7 Å². The maximum atomic E-state index is 13.8. The maximum Gasteiger partial charge on any atom is 0.261 e. The summed E-state index contributed by atoms with van der Waals surface area (Å²) in [5.41, 5.74) is 0.612. The lowest BCUT2D eigenvalue weighted by molar-refractivity contribution is 0.0144. The van der Waals surface area contributed by atoms with Crippen LogP contribution in [-0.2, 0) is 11.2 Å². The molecule has 0 aromatic heterocycles. The Morgan fingerprint density at radius 2 is 2.10 bits per heavy atom. The normalized spacial score (nSPS) is 12.9. The van der Waals surface area contributed by atoms with Gasteiger partial charge < -0.3 is 10.1 Å². The van der Waals surface area contributed by atoms with Crippen molar-refractivity contribution in [3.05, 3.63) is 34.1 Å². The molecule has 1 N–H and O–H groups in total. The molecule has 0 saturated heterocycles. The SMILES string of the molecule is CCCNC(CCOCC(F)F)Cc1ccc(Br)cc1F. The van der Waals surface area contributed by atoms with Crippen LogP contribution < -0.4 is 5.32 Å². The molecule has 1 aromatic rings. The summed E-state index contributed by atoms with van der Waals surface area (Å²) < 4.78 is 43.4. The van der Waals surface area contributed by atoms with Gasteiger partial charge in [-0.3, -0.25) is 0 Å². The van der Waals surface area contributed by atoms with Gasteiger partial charge in [-0.2, -0.15) is 0 Å². The molecule has 0 spiro atoms. The average Bonchev–Trinajstić information content (AvgIpc) is 2.43. The molecule has 1 aromatic carbocycles. The summed E-state index contributed by atoms with van der Waals surface area (Å²) >= 11 is 3.22. The molecule has 0 heterocycles. The molecule has 0 radical (unpaired) electrons. The number of rotatable bonds is 10. The van der Waals surface area contributed by atoms with Gasteiger partial charge in [-0.1, -0.05) is 28.9 Å². The zero-order chi connectivity index (χ0) is 15.7. The third-order valence-electron chi connectivity index (χ3n) is 3.02. The Balaban J connectivity index is 2.51. The van der Waals surface area contributed by atoms with Crippen molar-refractivity contribution in [1.82, 2.24) is 5.32 Å². The van der Waals surface area contributed by atoms with Crippen molar-refractivity contribution in [3.8, 4) is 0 Å². The smallest absolute Gasteiger partial charge is 0.261 e. The first-order valence-corrected chi connectivity index (χ1v) is 7.85. The first kappa shape index (κ1) is 18.5. The Morgan fingerprint density at radius 3 is 2.71 bits per heavy atom. The molecule has 21 heavy (non-hydrogen) atoms. The van der Waals surface area contributed by atoms with Crippen molar-refractivity contribution in [2.45, 2.75) is 38.7 Å². The highest BCUT2D eigenvalue weighted by atomic mass is 79.9. The van der Waals surface area contributed by atoms with Gasteiger partial charge in [-0.25, -0.2) is 13.2 Å². The average molecular weight is 368 g/mol. The van der Waals surface area contributed by atoms with Crippen LogP contribution >= 0.6 is 15.9 Å². The Labute approximate surface area is 132 Å². The molecule has 0 amide bonds. The number of nitrogens with one attached hydrogen (secondary N) is 1. The second kappa shape index (κ2) is 10.2. The molecule has 0 aliphatic rings. The van der Waals surface area contributed by atoms with Crippen LogP contribution in [0.5, 0.6) is 0 Å². The van der Waals surface area contributed by atoms with Crippen LogP contribution in [0.4, 0.5) is 13.2 Å². The predicted molar refractivity (Wildman–Crippen MR) is 81.3 cm³/mol. The lowest BCUT2D eigenvalue weighted by atomic mass is 10.0. The minimum absolute atomic E-state index is 0.0123. The molecule has 1 unspecified atom stereocenters. The fourth-order valence-corrected chi connectivity index (χ4v) is 2.31. The largest absolute Gasteiger partial charge is 0.375 e. The maximum absolute atomic E-state index is 13.8. The van der Waals surface area contributed by atoms with E-state index in [1.54, 1.807) is 12.1 Å². The topological polar surface area (TPSA) is 21.3 Å². The second-order valence-corrected chi connectivity index (χ2v) is 5.76. The van der Waals surface area contributed by atoms with E-state index in [1.807, 2.05) is 6.92 Å². The van der Waals surface area contributed by atoms with E-state index in [9.17, 15) is 13.2 Å². The van der Waals surface area contributed by atoms with E-state index in [2.05, 4.69) is 21.2 Å². The summed E-state index contributed by atoms with van der Waals surface area (Å²) in [5.74, 6) is -0.263. The van der Waals surface area contributed by atoms with Gasteiger partial charge in [0.15, 0.2) is 0 Å². The van der Waals surface area contributed by atoms with Gasteiger partial charge in [0.1, 0.15) is 12.4 Å². The fourth-order valence-electron chi connectivity index (χ4n) is 1.98.